The summed E-state index contributed by atoms with van der Waals surface area (Å²) in [5.41, 5.74) is 7.20. The molecule has 0 spiro atoms. The summed E-state index contributed by atoms with van der Waals surface area (Å²) in [5, 5.41) is 8.87. The highest BCUT2D eigenvalue weighted by molar-refractivity contribution is 5.55. The molecule has 1 aromatic carbocycles. The third kappa shape index (κ3) is 3.41. The van der Waals surface area contributed by atoms with E-state index < -0.39 is 0 Å². The molecule has 0 aliphatic carbocycles. The van der Waals surface area contributed by atoms with Crippen molar-refractivity contribution in [3.05, 3.63) is 29.6 Å². The molecule has 1 atom stereocenters. The molecule has 0 unspecified atom stereocenters. The number of aliphatic hydroxyl groups is 1. The highest BCUT2D eigenvalue weighted by atomic mass is 19.1. The number of nitrogens with two attached hydrogens (primary N) is 1. The van der Waals surface area contributed by atoms with Crippen LogP contribution in [0.5, 0.6) is 0 Å². The van der Waals surface area contributed by atoms with Crippen LogP contribution in [0.2, 0.25) is 0 Å². The van der Waals surface area contributed by atoms with E-state index in [1.54, 1.807) is 13.0 Å². The zero-order valence-corrected chi connectivity index (χ0v) is 10.5. The third-order valence-electron chi connectivity index (χ3n) is 2.79. The van der Waals surface area contributed by atoms with Crippen LogP contribution >= 0.6 is 0 Å². The number of benzene rings is 1. The van der Waals surface area contributed by atoms with Crippen LogP contribution in [0, 0.1) is 5.82 Å². The molecule has 0 aromatic heterocycles. The second-order valence-corrected chi connectivity index (χ2v) is 4.12. The van der Waals surface area contributed by atoms with E-state index in [1.165, 1.54) is 6.07 Å². The molecule has 0 fully saturated rings. The molecule has 3 nitrogen and oxygen atoms in total. The van der Waals surface area contributed by atoms with Crippen LogP contribution in [-0.2, 0) is 0 Å². The molecule has 0 radical (unpaired) electrons. The summed E-state index contributed by atoms with van der Waals surface area (Å²) in [4.78, 5) is 2.04. The molecule has 0 saturated carbocycles. The van der Waals surface area contributed by atoms with Gasteiger partial charge in [-0.15, -0.1) is 0 Å². The molecule has 3 N–H and O–H groups in total. The Hall–Kier alpha value is -1.13. The summed E-state index contributed by atoms with van der Waals surface area (Å²) in [7, 11) is 0. The Morgan fingerprint density at radius 1 is 1.47 bits per heavy atom. The second kappa shape index (κ2) is 6.57. The summed E-state index contributed by atoms with van der Waals surface area (Å²) >= 11 is 0. The predicted octanol–water partition coefficient (Wildman–Crippen LogP) is 2.05. The molecule has 96 valence electrons. The van der Waals surface area contributed by atoms with Crippen LogP contribution in [-0.4, -0.2) is 24.8 Å². The third-order valence-corrected chi connectivity index (χ3v) is 2.79. The van der Waals surface area contributed by atoms with Crippen molar-refractivity contribution in [3.63, 3.8) is 0 Å². The van der Waals surface area contributed by atoms with E-state index >= 15 is 0 Å². The first-order valence-corrected chi connectivity index (χ1v) is 6.01. The highest BCUT2D eigenvalue weighted by Gasteiger charge is 2.16. The number of nitrogens with zero attached hydrogens (tertiary/aromatic N) is 1. The van der Waals surface area contributed by atoms with Gasteiger partial charge in [-0.1, -0.05) is 6.07 Å². The molecule has 0 amide bonds. The Labute approximate surface area is 102 Å². The van der Waals surface area contributed by atoms with Crippen LogP contribution < -0.4 is 10.6 Å². The molecule has 0 bridgehead atoms. The monoisotopic (exact) mass is 240 g/mol. The van der Waals surface area contributed by atoms with E-state index in [0.717, 1.165) is 12.2 Å². The average molecular weight is 240 g/mol. The van der Waals surface area contributed by atoms with E-state index in [2.05, 4.69) is 0 Å². The summed E-state index contributed by atoms with van der Waals surface area (Å²) in [6.45, 7) is 5.40. The standard InChI is InChI=1S/C13H21FN2O/c1-3-16(8-5-9-17)12-7-4-6-11(14)13(12)10(2)15/h4,6-7,10,17H,3,5,8-9,15H2,1-2H3/t10-/m0/s1. The lowest BCUT2D eigenvalue weighted by Gasteiger charge is -2.27. The fraction of sp³-hybridized carbons (Fsp3) is 0.538. The normalized spacial score (nSPS) is 12.5. The van der Waals surface area contributed by atoms with Gasteiger partial charge in [-0.2, -0.15) is 0 Å². The zero-order valence-electron chi connectivity index (χ0n) is 10.5. The van der Waals surface area contributed by atoms with Crippen molar-refractivity contribution >= 4 is 5.69 Å². The lowest BCUT2D eigenvalue weighted by Crippen LogP contribution is -2.27. The molecule has 1 aromatic rings. The van der Waals surface area contributed by atoms with E-state index in [-0.39, 0.29) is 18.5 Å². The van der Waals surface area contributed by atoms with Crippen molar-refractivity contribution in [2.24, 2.45) is 5.73 Å². The first kappa shape index (κ1) is 13.9. The van der Waals surface area contributed by atoms with Crippen LogP contribution in [0.25, 0.3) is 0 Å². The first-order valence-electron chi connectivity index (χ1n) is 6.01. The smallest absolute Gasteiger partial charge is 0.130 e. The Bertz CT molecular complexity index is 355. The lowest BCUT2D eigenvalue weighted by molar-refractivity contribution is 0.289. The predicted molar refractivity (Wildman–Crippen MR) is 68.6 cm³/mol. The van der Waals surface area contributed by atoms with Gasteiger partial charge in [-0.25, -0.2) is 4.39 Å². The Morgan fingerprint density at radius 3 is 2.71 bits per heavy atom. The van der Waals surface area contributed by atoms with Gasteiger partial charge in [0.05, 0.1) is 0 Å². The Morgan fingerprint density at radius 2 is 2.18 bits per heavy atom. The molecule has 0 aliphatic heterocycles. The van der Waals surface area contributed by atoms with E-state index in [9.17, 15) is 4.39 Å². The van der Waals surface area contributed by atoms with Crippen LogP contribution in [0.4, 0.5) is 10.1 Å². The Balaban J connectivity index is 3.05. The maximum absolute atomic E-state index is 13.8. The fourth-order valence-corrected chi connectivity index (χ4v) is 1.96. The summed E-state index contributed by atoms with van der Waals surface area (Å²) in [6, 6.07) is 4.66. The maximum Gasteiger partial charge on any atom is 0.130 e. The van der Waals surface area contributed by atoms with Crippen molar-refractivity contribution in [2.75, 3.05) is 24.6 Å². The van der Waals surface area contributed by atoms with Gasteiger partial charge in [-0.05, 0) is 32.4 Å². The summed E-state index contributed by atoms with van der Waals surface area (Å²) in [6.07, 6.45) is 0.669. The SMILES string of the molecule is CCN(CCCO)c1cccc(F)c1[C@H](C)N. The van der Waals surface area contributed by atoms with Gasteiger partial charge in [-0.3, -0.25) is 0 Å². The molecule has 0 aliphatic rings. The van der Waals surface area contributed by atoms with Crippen LogP contribution in [0.15, 0.2) is 18.2 Å². The zero-order chi connectivity index (χ0) is 12.8. The van der Waals surface area contributed by atoms with Crippen molar-refractivity contribution < 1.29 is 9.50 Å². The van der Waals surface area contributed by atoms with E-state index in [1.807, 2.05) is 17.9 Å². The number of anilines is 1. The average Bonchev–Trinajstić information content (AvgIpc) is 2.29. The lowest BCUT2D eigenvalue weighted by atomic mass is 10.0. The van der Waals surface area contributed by atoms with Gasteiger partial charge < -0.3 is 15.7 Å². The highest BCUT2D eigenvalue weighted by Crippen LogP contribution is 2.27. The van der Waals surface area contributed by atoms with Crippen LogP contribution in [0.1, 0.15) is 31.9 Å². The molecule has 17 heavy (non-hydrogen) atoms. The largest absolute Gasteiger partial charge is 0.396 e. The topological polar surface area (TPSA) is 49.5 Å². The van der Waals surface area contributed by atoms with E-state index in [4.69, 9.17) is 10.8 Å². The second-order valence-electron chi connectivity index (χ2n) is 4.12. The molecular weight excluding hydrogens is 219 g/mol. The van der Waals surface area contributed by atoms with Crippen molar-refractivity contribution in [1.82, 2.24) is 0 Å². The molecule has 0 heterocycles. The number of hydrogen-bond donors (Lipinski definition) is 2. The number of aliphatic hydroxyl groups excluding tert-OH is 1. The molecule has 1 rings (SSSR count). The minimum Gasteiger partial charge on any atom is -0.396 e. The van der Waals surface area contributed by atoms with Gasteiger partial charge in [0.15, 0.2) is 0 Å². The number of hydrogen-bond acceptors (Lipinski definition) is 3. The minimum absolute atomic E-state index is 0.138. The molecular formula is C13H21FN2O. The maximum atomic E-state index is 13.8. The van der Waals surface area contributed by atoms with Crippen molar-refractivity contribution in [2.45, 2.75) is 26.3 Å². The minimum atomic E-state index is -0.339. The van der Waals surface area contributed by atoms with Crippen molar-refractivity contribution in [1.29, 1.82) is 0 Å². The van der Waals surface area contributed by atoms with Gasteiger partial charge >= 0.3 is 0 Å². The van der Waals surface area contributed by atoms with Gasteiger partial charge in [0.2, 0.25) is 0 Å². The van der Waals surface area contributed by atoms with Crippen LogP contribution in [0.3, 0.4) is 0 Å². The van der Waals surface area contributed by atoms with Gasteiger partial charge in [0.1, 0.15) is 5.82 Å². The summed E-state index contributed by atoms with van der Waals surface area (Å²) < 4.78 is 13.8. The number of rotatable bonds is 6. The Kier molecular flexibility index (Phi) is 5.38. The summed E-state index contributed by atoms with van der Waals surface area (Å²) in [5.74, 6) is -0.264. The molecule has 0 saturated heterocycles. The fourth-order valence-electron chi connectivity index (χ4n) is 1.96. The van der Waals surface area contributed by atoms with Gasteiger partial charge in [0.25, 0.3) is 0 Å². The van der Waals surface area contributed by atoms with E-state index in [0.29, 0.717) is 18.5 Å². The quantitative estimate of drug-likeness (QED) is 0.800. The number of halogens is 1. The molecule has 4 heteroatoms. The first-order chi connectivity index (χ1) is 8.11. The van der Waals surface area contributed by atoms with Gasteiger partial charge in [0, 0.05) is 37.0 Å². The van der Waals surface area contributed by atoms with Crippen molar-refractivity contribution in [3.8, 4) is 0 Å².